The van der Waals surface area contributed by atoms with Crippen molar-refractivity contribution >= 4 is 74.6 Å². The molecule has 0 aromatic carbocycles. The summed E-state index contributed by atoms with van der Waals surface area (Å²) in [5.41, 5.74) is 0. The average molecular weight is 335 g/mol. The summed E-state index contributed by atoms with van der Waals surface area (Å²) >= 11 is 0. The van der Waals surface area contributed by atoms with Gasteiger partial charge in [-0.15, -0.1) is 0 Å². The Hall–Kier alpha value is 0.866. The molecule has 0 aliphatic carbocycles. The second-order valence-corrected chi connectivity index (χ2v) is 3.65. The maximum atomic E-state index is 10.5. The van der Waals surface area contributed by atoms with E-state index >= 15 is 0 Å². The first kappa shape index (κ1) is 24.9. The first-order valence-electron chi connectivity index (χ1n) is 3.93. The van der Waals surface area contributed by atoms with Gasteiger partial charge < -0.3 is 44.4 Å². The number of phosphoric acid groups is 1. The van der Waals surface area contributed by atoms with Crippen LogP contribution in [0.5, 0.6) is 0 Å². The van der Waals surface area contributed by atoms with Crippen molar-refractivity contribution in [2.24, 2.45) is 0 Å². The minimum absolute atomic E-state index is 0. The SMILES string of the molecule is O=C1O[C@H]([C@@H](O)CO)C(O)=C1O.O=P([O-])([O-])[O-].[Ca+2].[Mg+2]. The molecule has 2 atom stereocenters. The third kappa shape index (κ3) is 10.3. The molecule has 0 spiro atoms. The van der Waals surface area contributed by atoms with Crippen LogP contribution in [-0.4, -0.2) is 106 Å². The van der Waals surface area contributed by atoms with Gasteiger partial charge in [0.15, 0.2) is 11.9 Å². The number of hydrogen-bond donors (Lipinski definition) is 4. The van der Waals surface area contributed by atoms with Gasteiger partial charge in [-0.3, -0.25) is 0 Å². The molecule has 4 N–H and O–H groups in total. The maximum Gasteiger partial charge on any atom is 2.00 e. The van der Waals surface area contributed by atoms with Gasteiger partial charge in [0, 0.05) is 0 Å². The minimum Gasteiger partial charge on any atom is -0.822 e. The summed E-state index contributed by atoms with van der Waals surface area (Å²) in [6.07, 6.45) is -2.78. The van der Waals surface area contributed by atoms with E-state index in [1.165, 1.54) is 0 Å². The molecule has 1 heterocycles. The molecule has 0 fully saturated rings. The molecule has 13 heteroatoms. The molecular formula is C6H8CaMgO10P+. The van der Waals surface area contributed by atoms with Crippen LogP contribution in [0.25, 0.3) is 0 Å². The van der Waals surface area contributed by atoms with E-state index in [-0.39, 0.29) is 60.8 Å². The first-order valence-corrected chi connectivity index (χ1v) is 5.39. The molecule has 0 unspecified atom stereocenters. The van der Waals surface area contributed by atoms with E-state index in [0.717, 1.165) is 0 Å². The number of ether oxygens (including phenoxy) is 1. The molecule has 0 amide bonds. The van der Waals surface area contributed by atoms with Crippen LogP contribution >= 0.6 is 7.82 Å². The number of hydrogen-bond acceptors (Lipinski definition) is 10. The minimum atomic E-state index is -5.39. The summed E-state index contributed by atoms with van der Waals surface area (Å²) in [6, 6.07) is 0. The molecule has 1 rings (SSSR count). The second kappa shape index (κ2) is 10.6. The summed E-state index contributed by atoms with van der Waals surface area (Å²) in [7, 11) is -5.39. The summed E-state index contributed by atoms with van der Waals surface area (Å²) in [6.45, 7) is -0.671. The van der Waals surface area contributed by atoms with Crippen LogP contribution in [0.3, 0.4) is 0 Å². The number of aliphatic hydroxyl groups is 4. The number of esters is 1. The van der Waals surface area contributed by atoms with Gasteiger partial charge in [0.05, 0.1) is 6.61 Å². The fourth-order valence-corrected chi connectivity index (χ4v) is 0.823. The van der Waals surface area contributed by atoms with E-state index in [4.69, 9.17) is 39.7 Å². The Bertz CT molecular complexity index is 359. The first-order chi connectivity index (χ1) is 7.57. The maximum absolute atomic E-state index is 10.5. The van der Waals surface area contributed by atoms with Crippen molar-refractivity contribution in [1.29, 1.82) is 0 Å². The predicted octanol–water partition coefficient (Wildman–Crippen LogP) is -4.99. The van der Waals surface area contributed by atoms with Crippen LogP contribution in [0, 0.1) is 0 Å². The Morgan fingerprint density at radius 3 is 1.89 bits per heavy atom. The van der Waals surface area contributed by atoms with Crippen molar-refractivity contribution in [1.82, 2.24) is 0 Å². The predicted molar refractivity (Wildman–Crippen MR) is 54.4 cm³/mol. The Kier molecular flexibility index (Phi) is 13.8. The van der Waals surface area contributed by atoms with Crippen molar-refractivity contribution in [2.45, 2.75) is 12.2 Å². The Labute approximate surface area is 153 Å². The summed E-state index contributed by atoms with van der Waals surface area (Å²) in [4.78, 5) is 36.2. The molecule has 1 aliphatic rings. The van der Waals surface area contributed by atoms with E-state index in [2.05, 4.69) is 4.74 Å². The number of carbonyl (C=O) groups excluding carboxylic acids is 1. The van der Waals surface area contributed by atoms with E-state index in [0.29, 0.717) is 0 Å². The van der Waals surface area contributed by atoms with Gasteiger partial charge in [-0.1, -0.05) is 0 Å². The summed E-state index contributed by atoms with van der Waals surface area (Å²) in [5.74, 6) is -2.78. The number of cyclic esters (lactones) is 1. The standard InChI is InChI=1S/C6H8O6.Ca.Mg.H3O4P/c7-1-2(8)5-3(9)4(10)6(11)12-5;;;1-5(2,3)4/h2,5,7-10H,1H2;;;(H3,1,2,3,4)/q;2*+2;/p-3/t2-,5+;;;/m0.../s1. The zero-order chi connectivity index (χ0) is 13.8. The van der Waals surface area contributed by atoms with Crippen LogP contribution in [0.4, 0.5) is 0 Å². The van der Waals surface area contributed by atoms with E-state index < -0.39 is 44.1 Å². The normalized spacial score (nSPS) is 19.4. The number of aliphatic hydroxyl groups excluding tert-OH is 4. The van der Waals surface area contributed by atoms with E-state index in [1.54, 1.807) is 0 Å². The van der Waals surface area contributed by atoms with Crippen LogP contribution in [0.1, 0.15) is 0 Å². The van der Waals surface area contributed by atoms with Crippen LogP contribution in [-0.2, 0) is 14.1 Å². The molecule has 1 aliphatic heterocycles. The molecule has 0 aromatic heterocycles. The molecule has 0 aromatic rings. The van der Waals surface area contributed by atoms with Crippen LogP contribution in [0.15, 0.2) is 11.5 Å². The Morgan fingerprint density at radius 2 is 1.68 bits per heavy atom. The molecule has 19 heavy (non-hydrogen) atoms. The van der Waals surface area contributed by atoms with Crippen molar-refractivity contribution in [3.8, 4) is 0 Å². The summed E-state index contributed by atoms with van der Waals surface area (Å²) in [5, 5.41) is 35.0. The van der Waals surface area contributed by atoms with Gasteiger partial charge in [-0.2, -0.15) is 7.82 Å². The molecular weight excluding hydrogens is 327 g/mol. The topological polar surface area (TPSA) is 193 Å². The zero-order valence-corrected chi connectivity index (χ0v) is 14.0. The molecule has 0 saturated heterocycles. The number of carbonyl (C=O) groups is 1. The van der Waals surface area contributed by atoms with Gasteiger partial charge >= 0.3 is 66.8 Å². The third-order valence-corrected chi connectivity index (χ3v) is 1.48. The van der Waals surface area contributed by atoms with Gasteiger partial charge in [-0.05, 0) is 0 Å². The molecule has 10 nitrogen and oxygen atoms in total. The molecule has 0 radical (unpaired) electrons. The zero-order valence-electron chi connectivity index (χ0n) is 9.46. The van der Waals surface area contributed by atoms with E-state index in [9.17, 15) is 4.79 Å². The smallest absolute Gasteiger partial charge is 0.822 e. The van der Waals surface area contributed by atoms with Crippen LogP contribution in [0.2, 0.25) is 0 Å². The van der Waals surface area contributed by atoms with Gasteiger partial charge in [0.2, 0.25) is 5.76 Å². The Morgan fingerprint density at radius 1 is 1.32 bits per heavy atom. The van der Waals surface area contributed by atoms with Gasteiger partial charge in [0.25, 0.3) is 0 Å². The van der Waals surface area contributed by atoms with Gasteiger partial charge in [-0.25, -0.2) is 4.79 Å². The number of rotatable bonds is 2. The van der Waals surface area contributed by atoms with Gasteiger partial charge in [0.1, 0.15) is 6.10 Å². The van der Waals surface area contributed by atoms with Crippen molar-refractivity contribution in [3.63, 3.8) is 0 Å². The van der Waals surface area contributed by atoms with E-state index in [1.807, 2.05) is 0 Å². The van der Waals surface area contributed by atoms with Crippen LogP contribution < -0.4 is 14.7 Å². The molecule has 100 valence electrons. The van der Waals surface area contributed by atoms with Crippen molar-refractivity contribution in [2.75, 3.05) is 6.61 Å². The van der Waals surface area contributed by atoms with Crippen molar-refractivity contribution in [3.05, 3.63) is 11.5 Å². The Balaban J connectivity index is -0.000000320. The van der Waals surface area contributed by atoms with Crippen molar-refractivity contribution < 1.29 is 49.2 Å². The summed E-state index contributed by atoms with van der Waals surface area (Å²) < 4.78 is 12.9. The third-order valence-electron chi connectivity index (χ3n) is 1.48. The fraction of sp³-hybridized carbons (Fsp3) is 0.500. The second-order valence-electron chi connectivity index (χ2n) is 2.76. The fourth-order valence-electron chi connectivity index (χ4n) is 0.823. The molecule has 0 bridgehead atoms. The monoisotopic (exact) mass is 335 g/mol. The average Bonchev–Trinajstić information content (AvgIpc) is 2.42. The quantitative estimate of drug-likeness (QED) is 0.215. The molecule has 0 saturated carbocycles. The largest absolute Gasteiger partial charge is 2.00 e.